The number of unbranched alkanes of at least 4 members (excludes halogenated alkanes) is 1. The van der Waals surface area contributed by atoms with Crippen LogP contribution in [0.15, 0.2) is 24.5 Å². The number of nitrogens with zero attached hydrogens (tertiary/aromatic N) is 4. The molecule has 31 heavy (non-hydrogen) atoms. The van der Waals surface area contributed by atoms with Gasteiger partial charge in [-0.05, 0) is 69.9 Å². The van der Waals surface area contributed by atoms with Gasteiger partial charge in [-0.1, -0.05) is 6.07 Å². The summed E-state index contributed by atoms with van der Waals surface area (Å²) >= 11 is 0. The summed E-state index contributed by atoms with van der Waals surface area (Å²) in [5.74, 6) is -0.269. The molecule has 1 aliphatic carbocycles. The zero-order valence-corrected chi connectivity index (χ0v) is 18.2. The van der Waals surface area contributed by atoms with Crippen LogP contribution >= 0.6 is 0 Å². The number of halogens is 1. The number of hydrogen-bond donors (Lipinski definition) is 1. The van der Waals surface area contributed by atoms with Crippen LogP contribution in [0.3, 0.4) is 0 Å². The van der Waals surface area contributed by atoms with Crippen LogP contribution < -0.4 is 0 Å². The molecule has 1 N–H and O–H groups in total. The number of aliphatic carboxylic acids is 1. The van der Waals surface area contributed by atoms with Crippen molar-refractivity contribution in [1.29, 1.82) is 0 Å². The van der Waals surface area contributed by atoms with Gasteiger partial charge in [0.1, 0.15) is 11.5 Å². The van der Waals surface area contributed by atoms with Crippen molar-refractivity contribution >= 4 is 5.97 Å². The fourth-order valence-electron chi connectivity index (χ4n) is 4.77. The Hall–Kier alpha value is -2.41. The van der Waals surface area contributed by atoms with E-state index in [0.29, 0.717) is 12.2 Å². The quantitative estimate of drug-likeness (QED) is 0.611. The van der Waals surface area contributed by atoms with E-state index in [4.69, 9.17) is 4.98 Å². The molecule has 0 aromatic carbocycles. The topological polar surface area (TPSA) is 79.2 Å². The Bertz CT molecular complexity index is 912. The van der Waals surface area contributed by atoms with Crippen LogP contribution in [0.5, 0.6) is 0 Å². The second-order valence-corrected chi connectivity index (χ2v) is 9.06. The molecule has 6 nitrogen and oxygen atoms in total. The average Bonchev–Trinajstić information content (AvgIpc) is 2.74. The van der Waals surface area contributed by atoms with Gasteiger partial charge in [0.25, 0.3) is 0 Å². The summed E-state index contributed by atoms with van der Waals surface area (Å²) in [5.41, 5.74) is 3.25. The number of alkyl halides is 1. The van der Waals surface area contributed by atoms with Crippen molar-refractivity contribution in [3.63, 3.8) is 0 Å². The molecule has 0 unspecified atom stereocenters. The molecule has 4 rings (SSSR count). The number of likely N-dealkylation sites (tertiary alicyclic amines) is 1. The van der Waals surface area contributed by atoms with Gasteiger partial charge < -0.3 is 5.11 Å². The van der Waals surface area contributed by atoms with E-state index in [1.807, 2.05) is 4.90 Å². The number of carbonyl (C=O) groups is 1. The van der Waals surface area contributed by atoms with Crippen molar-refractivity contribution in [2.24, 2.45) is 0 Å². The Kier molecular flexibility index (Phi) is 6.60. The van der Waals surface area contributed by atoms with Crippen molar-refractivity contribution in [3.8, 4) is 0 Å². The molecule has 1 atom stereocenters. The average molecular weight is 427 g/mol. The summed E-state index contributed by atoms with van der Waals surface area (Å²) in [6, 6.07) is 3.96. The second kappa shape index (κ2) is 9.39. The summed E-state index contributed by atoms with van der Waals surface area (Å²) in [4.78, 5) is 26.4. The molecule has 1 aliphatic heterocycles. The van der Waals surface area contributed by atoms with E-state index in [9.17, 15) is 9.90 Å². The zero-order chi connectivity index (χ0) is 21.8. The summed E-state index contributed by atoms with van der Waals surface area (Å²) in [6.07, 6.45) is 11.0. The van der Waals surface area contributed by atoms with Crippen molar-refractivity contribution in [3.05, 3.63) is 52.9 Å². The molecule has 166 valence electrons. The predicted molar refractivity (Wildman–Crippen MR) is 116 cm³/mol. The van der Waals surface area contributed by atoms with Gasteiger partial charge in [0.15, 0.2) is 0 Å². The first-order chi connectivity index (χ1) is 14.9. The third-order valence-electron chi connectivity index (χ3n) is 6.51. The summed E-state index contributed by atoms with van der Waals surface area (Å²) in [7, 11) is 0. The number of fused-ring (bicyclic) bond motifs is 1. The van der Waals surface area contributed by atoms with Gasteiger partial charge in [0, 0.05) is 48.5 Å². The van der Waals surface area contributed by atoms with Gasteiger partial charge in [-0.2, -0.15) is 0 Å². The summed E-state index contributed by atoms with van der Waals surface area (Å²) in [6.45, 7) is 2.30. The lowest BCUT2D eigenvalue weighted by molar-refractivity contribution is -0.141. The van der Waals surface area contributed by atoms with Crippen LogP contribution in [0.4, 0.5) is 4.39 Å². The smallest absolute Gasteiger partial charge is 0.305 e. The van der Waals surface area contributed by atoms with Gasteiger partial charge in [0.2, 0.25) is 0 Å². The van der Waals surface area contributed by atoms with Crippen LogP contribution in [-0.2, 0) is 24.1 Å². The van der Waals surface area contributed by atoms with Gasteiger partial charge in [-0.15, -0.1) is 0 Å². The molecule has 7 heteroatoms. The predicted octanol–water partition coefficient (Wildman–Crippen LogP) is 4.01. The van der Waals surface area contributed by atoms with Gasteiger partial charge in [0.05, 0.1) is 6.42 Å². The van der Waals surface area contributed by atoms with Crippen molar-refractivity contribution in [1.82, 2.24) is 19.9 Å². The monoisotopic (exact) mass is 426 g/mol. The third kappa shape index (κ3) is 5.45. The normalized spacial score (nSPS) is 18.8. The van der Waals surface area contributed by atoms with Crippen LogP contribution in [0.1, 0.15) is 72.9 Å². The minimum absolute atomic E-state index is 0.0769. The Labute approximate surface area is 182 Å². The lowest BCUT2D eigenvalue weighted by atomic mass is 9.86. The van der Waals surface area contributed by atoms with E-state index >= 15 is 4.39 Å². The van der Waals surface area contributed by atoms with Crippen molar-refractivity contribution in [2.75, 3.05) is 13.1 Å². The van der Waals surface area contributed by atoms with Gasteiger partial charge in [-0.25, -0.2) is 14.4 Å². The van der Waals surface area contributed by atoms with E-state index in [2.05, 4.69) is 22.1 Å². The SMILES string of the molecule is Cc1ncc([C@H](CC(=O)O)N2CC(F)(CCCCc3ccc4c(n3)CCCC4)C2)cn1. The Morgan fingerprint density at radius 3 is 2.68 bits per heavy atom. The number of carboxylic acid groups (broad SMARTS) is 1. The number of rotatable bonds is 9. The van der Waals surface area contributed by atoms with E-state index in [1.165, 1.54) is 24.1 Å². The van der Waals surface area contributed by atoms with Crippen LogP contribution in [0, 0.1) is 6.92 Å². The molecule has 2 aromatic rings. The zero-order valence-electron chi connectivity index (χ0n) is 18.2. The first kappa shape index (κ1) is 21.8. The largest absolute Gasteiger partial charge is 0.481 e. The van der Waals surface area contributed by atoms with Gasteiger partial charge >= 0.3 is 5.97 Å². The summed E-state index contributed by atoms with van der Waals surface area (Å²) < 4.78 is 15.1. The van der Waals surface area contributed by atoms with Crippen LogP contribution in [0.2, 0.25) is 0 Å². The van der Waals surface area contributed by atoms with E-state index in [-0.39, 0.29) is 25.6 Å². The Balaban J connectivity index is 1.26. The Morgan fingerprint density at radius 1 is 1.19 bits per heavy atom. The number of pyridine rings is 1. The molecular formula is C24H31FN4O2. The molecule has 0 radical (unpaired) electrons. The van der Waals surface area contributed by atoms with Crippen molar-refractivity contribution < 1.29 is 14.3 Å². The second-order valence-electron chi connectivity index (χ2n) is 9.06. The minimum Gasteiger partial charge on any atom is -0.481 e. The number of carboxylic acids is 1. The number of hydrogen-bond acceptors (Lipinski definition) is 5. The van der Waals surface area contributed by atoms with Gasteiger partial charge in [-0.3, -0.25) is 14.7 Å². The molecular weight excluding hydrogens is 395 g/mol. The first-order valence-corrected chi connectivity index (χ1v) is 11.3. The molecule has 1 saturated heterocycles. The third-order valence-corrected chi connectivity index (χ3v) is 6.51. The van der Waals surface area contributed by atoms with Crippen LogP contribution in [0.25, 0.3) is 0 Å². The highest BCUT2D eigenvalue weighted by atomic mass is 19.1. The van der Waals surface area contributed by atoms with E-state index in [0.717, 1.165) is 43.4 Å². The molecule has 0 amide bonds. The molecule has 1 fully saturated rings. The number of aromatic nitrogens is 3. The fraction of sp³-hybridized carbons (Fsp3) is 0.583. The number of aryl methyl sites for hydroxylation is 4. The molecule has 0 bridgehead atoms. The highest BCUT2D eigenvalue weighted by Crippen LogP contribution is 2.38. The molecule has 3 heterocycles. The first-order valence-electron chi connectivity index (χ1n) is 11.3. The minimum atomic E-state index is -1.24. The maximum Gasteiger partial charge on any atom is 0.305 e. The van der Waals surface area contributed by atoms with Crippen molar-refractivity contribution in [2.45, 2.75) is 76.4 Å². The Morgan fingerprint density at radius 2 is 1.94 bits per heavy atom. The molecule has 0 spiro atoms. The lowest BCUT2D eigenvalue weighted by Crippen LogP contribution is -2.60. The molecule has 2 aliphatic rings. The highest BCUT2D eigenvalue weighted by molar-refractivity contribution is 5.68. The standard InChI is InChI=1S/C24H31FN4O2/c1-17-26-13-19(14-27-17)22(12-23(30)31)29-15-24(25,16-29)11-5-4-7-20-10-9-18-6-2-3-8-21(18)28-20/h9-10,13-14,22H,2-8,11-12,15-16H2,1H3,(H,30,31)/t22-/m0/s1. The van der Waals surface area contributed by atoms with E-state index < -0.39 is 11.6 Å². The lowest BCUT2D eigenvalue weighted by Gasteiger charge is -2.48. The van der Waals surface area contributed by atoms with E-state index in [1.54, 1.807) is 19.3 Å². The molecule has 2 aromatic heterocycles. The highest BCUT2D eigenvalue weighted by Gasteiger charge is 2.46. The maximum atomic E-state index is 15.1. The molecule has 0 saturated carbocycles. The fourth-order valence-corrected chi connectivity index (χ4v) is 4.77. The maximum absolute atomic E-state index is 15.1. The summed E-state index contributed by atoms with van der Waals surface area (Å²) in [5, 5.41) is 9.29. The van der Waals surface area contributed by atoms with Crippen LogP contribution in [-0.4, -0.2) is 49.7 Å².